The van der Waals surface area contributed by atoms with E-state index in [0.29, 0.717) is 23.4 Å². The summed E-state index contributed by atoms with van der Waals surface area (Å²) >= 11 is 3.45. The number of thiazole rings is 1. The van der Waals surface area contributed by atoms with Gasteiger partial charge in [0.2, 0.25) is 5.89 Å². The lowest BCUT2D eigenvalue weighted by atomic mass is 10.0. The predicted octanol–water partition coefficient (Wildman–Crippen LogP) is 11.3. The third-order valence-electron chi connectivity index (χ3n) is 8.63. The number of nitrogens with zero attached hydrogens (tertiary/aromatic N) is 5. The normalized spacial score (nSPS) is 11.7. The van der Waals surface area contributed by atoms with E-state index in [-0.39, 0.29) is 0 Å². The van der Waals surface area contributed by atoms with E-state index in [9.17, 15) is 0 Å². The van der Waals surface area contributed by atoms with Crippen molar-refractivity contribution < 1.29 is 4.42 Å². The van der Waals surface area contributed by atoms with Crippen LogP contribution < -0.4 is 0 Å². The van der Waals surface area contributed by atoms with Crippen LogP contribution in [0.4, 0.5) is 0 Å². The van der Waals surface area contributed by atoms with Crippen LogP contribution >= 0.6 is 22.7 Å². The highest BCUT2D eigenvalue weighted by atomic mass is 32.1. The lowest BCUT2D eigenvalue weighted by Crippen LogP contribution is -2.00. The fourth-order valence-electron chi connectivity index (χ4n) is 6.24. The van der Waals surface area contributed by atoms with Crippen LogP contribution in [0.1, 0.15) is 0 Å². The summed E-state index contributed by atoms with van der Waals surface area (Å²) < 4.78 is 9.65. The quantitative estimate of drug-likeness (QED) is 0.182. The highest BCUT2D eigenvalue weighted by molar-refractivity contribution is 7.26. The molecule has 8 heteroatoms. The van der Waals surface area contributed by atoms with Crippen LogP contribution in [0.15, 0.2) is 144 Å². The number of para-hydroxylation sites is 3. The molecule has 0 unspecified atom stereocenters. The summed E-state index contributed by atoms with van der Waals surface area (Å²) in [7, 11) is 0. The zero-order chi connectivity index (χ0) is 32.3. The Balaban J connectivity index is 1.12. The molecule has 0 saturated carbocycles. The Hall–Kier alpha value is -6.09. The summed E-state index contributed by atoms with van der Waals surface area (Å²) in [4.78, 5) is 24.8. The van der Waals surface area contributed by atoms with Gasteiger partial charge in [0.15, 0.2) is 23.1 Å². The van der Waals surface area contributed by atoms with E-state index in [1.165, 1.54) is 9.40 Å². The molecule has 6 nitrogen and oxygen atoms in total. The molecule has 49 heavy (non-hydrogen) atoms. The molecule has 4 heterocycles. The van der Waals surface area contributed by atoms with E-state index in [2.05, 4.69) is 72.8 Å². The van der Waals surface area contributed by atoms with Crippen LogP contribution in [-0.4, -0.2) is 24.9 Å². The van der Waals surface area contributed by atoms with Gasteiger partial charge in [-0.05, 0) is 48.5 Å². The fraction of sp³-hybridized carbons (Fsp3) is 0. The summed E-state index contributed by atoms with van der Waals surface area (Å²) in [5.41, 5.74) is 7.40. The number of aromatic nitrogens is 5. The van der Waals surface area contributed by atoms with E-state index in [1.54, 1.807) is 22.7 Å². The average Bonchev–Trinajstić information content (AvgIpc) is 3.90. The van der Waals surface area contributed by atoms with E-state index in [0.717, 1.165) is 64.9 Å². The van der Waals surface area contributed by atoms with Crippen molar-refractivity contribution in [2.45, 2.75) is 0 Å². The molecule has 0 amide bonds. The fourth-order valence-corrected chi connectivity index (χ4v) is 8.32. The van der Waals surface area contributed by atoms with Crippen LogP contribution in [0.3, 0.4) is 0 Å². The highest BCUT2D eigenvalue weighted by Gasteiger charge is 2.18. The molecule has 10 rings (SSSR count). The van der Waals surface area contributed by atoms with Gasteiger partial charge < -0.3 is 4.42 Å². The second-order valence-electron chi connectivity index (χ2n) is 11.7. The topological polar surface area (TPSA) is 77.6 Å². The van der Waals surface area contributed by atoms with Gasteiger partial charge in [0.05, 0.1) is 10.2 Å². The molecule has 0 atom stereocenters. The SMILES string of the molecule is c1ccc(-c2nc(-c3ccc(-c4nc5ccccc5s4)cc3)nc(-c3cccc4sc5ccc(-c6nc7ccccc7o6)cc5c34)n2)cc1. The van der Waals surface area contributed by atoms with E-state index in [1.807, 2.05) is 66.7 Å². The van der Waals surface area contributed by atoms with Crippen molar-refractivity contribution in [2.24, 2.45) is 0 Å². The highest BCUT2D eigenvalue weighted by Crippen LogP contribution is 2.41. The Kier molecular flexibility index (Phi) is 6.43. The molecule has 0 N–H and O–H groups in total. The lowest BCUT2D eigenvalue weighted by Gasteiger charge is -2.10. The zero-order valence-electron chi connectivity index (χ0n) is 25.7. The zero-order valence-corrected chi connectivity index (χ0v) is 27.4. The van der Waals surface area contributed by atoms with Crippen LogP contribution in [0.5, 0.6) is 0 Å². The van der Waals surface area contributed by atoms with Crippen molar-refractivity contribution in [2.75, 3.05) is 0 Å². The molecule has 0 radical (unpaired) electrons. The van der Waals surface area contributed by atoms with Gasteiger partial charge in [-0.15, -0.1) is 22.7 Å². The Labute approximate surface area is 288 Å². The minimum Gasteiger partial charge on any atom is -0.436 e. The molecule has 0 saturated heterocycles. The molecular formula is C41H23N5OS2. The van der Waals surface area contributed by atoms with Crippen molar-refractivity contribution >= 4 is 64.2 Å². The van der Waals surface area contributed by atoms with Crippen LogP contribution in [0.25, 0.3) is 97.7 Å². The van der Waals surface area contributed by atoms with Crippen LogP contribution in [0, 0.1) is 0 Å². The van der Waals surface area contributed by atoms with Gasteiger partial charge >= 0.3 is 0 Å². The molecular weight excluding hydrogens is 643 g/mol. The van der Waals surface area contributed by atoms with Gasteiger partial charge in [0, 0.05) is 48.0 Å². The van der Waals surface area contributed by atoms with Crippen molar-refractivity contribution in [1.29, 1.82) is 0 Å². The molecule has 0 aliphatic rings. The number of benzene rings is 6. The van der Waals surface area contributed by atoms with Gasteiger partial charge in [-0.2, -0.15) is 0 Å². The summed E-state index contributed by atoms with van der Waals surface area (Å²) in [6.45, 7) is 0. The van der Waals surface area contributed by atoms with Gasteiger partial charge in [-0.1, -0.05) is 91.0 Å². The first-order valence-electron chi connectivity index (χ1n) is 15.8. The Morgan fingerprint density at radius 3 is 1.92 bits per heavy atom. The summed E-state index contributed by atoms with van der Waals surface area (Å²) in [5, 5.41) is 3.20. The molecule has 6 aromatic carbocycles. The number of hydrogen-bond donors (Lipinski definition) is 0. The lowest BCUT2D eigenvalue weighted by molar-refractivity contribution is 0.620. The van der Waals surface area contributed by atoms with Gasteiger partial charge in [0.25, 0.3) is 0 Å². The monoisotopic (exact) mass is 665 g/mol. The van der Waals surface area contributed by atoms with Gasteiger partial charge in [-0.25, -0.2) is 24.9 Å². The second kappa shape index (κ2) is 11.3. The Morgan fingerprint density at radius 1 is 0.429 bits per heavy atom. The molecule has 0 fully saturated rings. The number of thiophene rings is 1. The number of oxazole rings is 1. The van der Waals surface area contributed by atoms with E-state index < -0.39 is 0 Å². The molecule has 0 aliphatic heterocycles. The average molecular weight is 666 g/mol. The molecule has 0 bridgehead atoms. The predicted molar refractivity (Wildman–Crippen MR) is 201 cm³/mol. The van der Waals surface area contributed by atoms with Gasteiger partial charge in [0.1, 0.15) is 10.5 Å². The number of hydrogen-bond acceptors (Lipinski definition) is 8. The maximum absolute atomic E-state index is 6.14. The minimum atomic E-state index is 0.600. The first kappa shape index (κ1) is 28.0. The molecule has 10 aromatic rings. The molecule has 4 aromatic heterocycles. The minimum absolute atomic E-state index is 0.600. The number of fused-ring (bicyclic) bond motifs is 5. The van der Waals surface area contributed by atoms with E-state index in [4.69, 9.17) is 29.3 Å². The second-order valence-corrected chi connectivity index (χ2v) is 13.8. The maximum Gasteiger partial charge on any atom is 0.227 e. The number of rotatable bonds is 5. The van der Waals surface area contributed by atoms with Crippen molar-refractivity contribution in [3.8, 4) is 56.2 Å². The standard InChI is InChI=1S/C41H23N5OS2/c1-2-9-24(10-3-1)37-44-38(25-17-19-26(20-18-25)41-43-31-13-5-7-15-34(31)49-41)46-39(45-37)28-11-8-16-35-36(28)29-23-27(21-22-33(29)48-35)40-42-30-12-4-6-14-32(30)47-40/h1-23H. The third kappa shape index (κ3) is 4.88. The first-order chi connectivity index (χ1) is 24.2. The summed E-state index contributed by atoms with van der Waals surface area (Å²) in [6.07, 6.45) is 0. The molecule has 230 valence electrons. The Morgan fingerprint density at radius 2 is 1.10 bits per heavy atom. The van der Waals surface area contributed by atoms with E-state index >= 15 is 0 Å². The van der Waals surface area contributed by atoms with Crippen molar-refractivity contribution in [3.05, 3.63) is 140 Å². The smallest absolute Gasteiger partial charge is 0.227 e. The summed E-state index contributed by atoms with van der Waals surface area (Å²) in [5.74, 6) is 2.46. The summed E-state index contributed by atoms with van der Waals surface area (Å²) in [6, 6.07) is 47.2. The van der Waals surface area contributed by atoms with Gasteiger partial charge in [-0.3, -0.25) is 0 Å². The molecule has 0 spiro atoms. The first-order valence-corrected chi connectivity index (χ1v) is 17.5. The third-order valence-corrected chi connectivity index (χ3v) is 10.8. The largest absolute Gasteiger partial charge is 0.436 e. The Bertz CT molecular complexity index is 2770. The van der Waals surface area contributed by atoms with Crippen molar-refractivity contribution in [1.82, 2.24) is 24.9 Å². The van der Waals surface area contributed by atoms with Crippen LogP contribution in [-0.2, 0) is 0 Å². The van der Waals surface area contributed by atoms with Crippen molar-refractivity contribution in [3.63, 3.8) is 0 Å². The molecule has 0 aliphatic carbocycles. The van der Waals surface area contributed by atoms with Crippen LogP contribution in [0.2, 0.25) is 0 Å². The maximum atomic E-state index is 6.14.